The summed E-state index contributed by atoms with van der Waals surface area (Å²) in [5, 5.41) is 24.4. The van der Waals surface area contributed by atoms with E-state index in [4.69, 9.17) is 11.6 Å². The maximum Gasteiger partial charge on any atom is 0.288 e. The molecule has 0 saturated carbocycles. The molecule has 23 heavy (non-hydrogen) atoms. The van der Waals surface area contributed by atoms with E-state index >= 15 is 0 Å². The van der Waals surface area contributed by atoms with Gasteiger partial charge >= 0.3 is 0 Å². The molecule has 1 aliphatic rings. The molecule has 1 aromatic carbocycles. The van der Waals surface area contributed by atoms with Crippen molar-refractivity contribution in [3.05, 3.63) is 38.9 Å². The second kappa shape index (κ2) is 8.26. The minimum atomic E-state index is -0.466. The molecular formula is C15H23Cl2N3O3. The molecule has 0 aromatic heterocycles. The quantitative estimate of drug-likeness (QED) is 0.620. The summed E-state index contributed by atoms with van der Waals surface area (Å²) in [6, 6.07) is 4.82. The first-order valence-electron chi connectivity index (χ1n) is 7.36. The molecule has 6 nitrogen and oxygen atoms in total. The van der Waals surface area contributed by atoms with Crippen LogP contribution in [-0.4, -0.2) is 47.7 Å². The van der Waals surface area contributed by atoms with E-state index in [1.165, 1.54) is 6.07 Å². The maximum absolute atomic E-state index is 11.1. The molecule has 0 amide bonds. The van der Waals surface area contributed by atoms with E-state index in [1.54, 1.807) is 6.07 Å². The average molecular weight is 364 g/mol. The highest BCUT2D eigenvalue weighted by atomic mass is 35.5. The molecule has 1 aromatic rings. The fourth-order valence-electron chi connectivity index (χ4n) is 3.02. The predicted octanol–water partition coefficient (Wildman–Crippen LogP) is 2.63. The van der Waals surface area contributed by atoms with Gasteiger partial charge in [-0.1, -0.05) is 31.5 Å². The largest absolute Gasteiger partial charge is 0.396 e. The van der Waals surface area contributed by atoms with E-state index in [1.807, 2.05) is 19.9 Å². The summed E-state index contributed by atoms with van der Waals surface area (Å²) in [4.78, 5) is 12.9. The molecule has 0 unspecified atom stereocenters. The number of aliphatic hydroxyl groups is 1. The Labute approximate surface area is 147 Å². The van der Waals surface area contributed by atoms with Gasteiger partial charge in [-0.25, -0.2) is 0 Å². The van der Waals surface area contributed by atoms with Crippen LogP contribution >= 0.6 is 24.0 Å². The smallest absolute Gasteiger partial charge is 0.288 e. The van der Waals surface area contributed by atoms with Crippen LogP contribution in [0, 0.1) is 15.5 Å². The Balaban J connectivity index is 0.00000264. The number of nitrogens with zero attached hydrogens (tertiary/aromatic N) is 2. The number of nitro groups is 1. The number of nitrogens with one attached hydrogen (secondary N) is 1. The molecule has 1 saturated heterocycles. The molecule has 0 spiro atoms. The van der Waals surface area contributed by atoms with Crippen LogP contribution in [0.4, 0.5) is 5.69 Å². The van der Waals surface area contributed by atoms with Crippen molar-refractivity contribution >= 4 is 29.7 Å². The van der Waals surface area contributed by atoms with Gasteiger partial charge in [0, 0.05) is 50.3 Å². The Morgan fingerprint density at radius 3 is 2.57 bits per heavy atom. The van der Waals surface area contributed by atoms with Gasteiger partial charge in [-0.05, 0) is 11.6 Å². The van der Waals surface area contributed by atoms with Gasteiger partial charge in [0.15, 0.2) is 0 Å². The Bertz CT molecular complexity index is 549. The Kier molecular flexibility index (Phi) is 7.23. The van der Waals surface area contributed by atoms with Gasteiger partial charge in [0.25, 0.3) is 5.69 Å². The second-order valence-corrected chi connectivity index (χ2v) is 6.71. The third-order valence-corrected chi connectivity index (χ3v) is 4.47. The minimum absolute atomic E-state index is 0. The van der Waals surface area contributed by atoms with Crippen molar-refractivity contribution in [3.63, 3.8) is 0 Å². The van der Waals surface area contributed by atoms with Crippen LogP contribution in [0.25, 0.3) is 0 Å². The number of hydrogen-bond acceptors (Lipinski definition) is 5. The van der Waals surface area contributed by atoms with E-state index < -0.39 is 10.3 Å². The van der Waals surface area contributed by atoms with E-state index in [9.17, 15) is 15.2 Å². The van der Waals surface area contributed by atoms with Gasteiger partial charge in [-0.3, -0.25) is 15.0 Å². The minimum Gasteiger partial charge on any atom is -0.396 e. The zero-order chi connectivity index (χ0) is 16.3. The third kappa shape index (κ3) is 4.55. The number of hydrogen-bond donors (Lipinski definition) is 2. The maximum atomic E-state index is 11.1. The van der Waals surface area contributed by atoms with Crippen molar-refractivity contribution in [3.8, 4) is 0 Å². The molecule has 0 radical (unpaired) electrons. The number of piperazine rings is 1. The van der Waals surface area contributed by atoms with Crippen molar-refractivity contribution in [2.75, 3.05) is 32.8 Å². The van der Waals surface area contributed by atoms with Crippen LogP contribution in [0.15, 0.2) is 18.2 Å². The van der Waals surface area contributed by atoms with Crippen LogP contribution in [0.3, 0.4) is 0 Å². The monoisotopic (exact) mass is 363 g/mol. The zero-order valence-corrected chi connectivity index (χ0v) is 14.9. The SMILES string of the molecule is CC(C)(CO)[C@@H](c1ccc(Cl)c([N+](=O)[O-])c1)N1CCNCC1.Cl. The molecule has 130 valence electrons. The highest BCUT2D eigenvalue weighted by molar-refractivity contribution is 6.32. The van der Waals surface area contributed by atoms with Crippen LogP contribution < -0.4 is 5.32 Å². The molecule has 1 fully saturated rings. The average Bonchev–Trinajstić information content (AvgIpc) is 2.50. The van der Waals surface area contributed by atoms with Crippen LogP contribution in [0.1, 0.15) is 25.5 Å². The van der Waals surface area contributed by atoms with E-state index in [2.05, 4.69) is 10.2 Å². The number of halogens is 2. The lowest BCUT2D eigenvalue weighted by Crippen LogP contribution is -2.49. The summed E-state index contributed by atoms with van der Waals surface area (Å²) in [6.45, 7) is 7.36. The Morgan fingerprint density at radius 2 is 2.04 bits per heavy atom. The van der Waals surface area contributed by atoms with Crippen molar-refractivity contribution in [2.24, 2.45) is 5.41 Å². The molecule has 2 rings (SSSR count). The highest BCUT2D eigenvalue weighted by Crippen LogP contribution is 2.40. The Morgan fingerprint density at radius 1 is 1.43 bits per heavy atom. The van der Waals surface area contributed by atoms with Gasteiger partial charge in [0.05, 0.1) is 4.92 Å². The molecule has 1 aliphatic heterocycles. The lowest BCUT2D eigenvalue weighted by molar-refractivity contribution is -0.384. The predicted molar refractivity (Wildman–Crippen MR) is 93.4 cm³/mol. The van der Waals surface area contributed by atoms with E-state index in [0.717, 1.165) is 31.7 Å². The number of benzene rings is 1. The summed E-state index contributed by atoms with van der Waals surface area (Å²) >= 11 is 5.92. The normalized spacial score (nSPS) is 17.4. The van der Waals surface area contributed by atoms with Gasteiger partial charge in [0.1, 0.15) is 5.02 Å². The van der Waals surface area contributed by atoms with Crippen LogP contribution in [-0.2, 0) is 0 Å². The molecule has 8 heteroatoms. The summed E-state index contributed by atoms with van der Waals surface area (Å²) in [5.41, 5.74) is 0.309. The van der Waals surface area contributed by atoms with Gasteiger partial charge in [0.2, 0.25) is 0 Å². The zero-order valence-electron chi connectivity index (χ0n) is 13.3. The topological polar surface area (TPSA) is 78.6 Å². The summed E-state index contributed by atoms with van der Waals surface area (Å²) in [5.74, 6) is 0. The fourth-order valence-corrected chi connectivity index (χ4v) is 3.21. The second-order valence-electron chi connectivity index (χ2n) is 6.30. The molecular weight excluding hydrogens is 341 g/mol. The van der Waals surface area contributed by atoms with Crippen molar-refractivity contribution in [1.82, 2.24) is 10.2 Å². The summed E-state index contributed by atoms with van der Waals surface area (Å²) in [6.07, 6.45) is 0. The number of rotatable bonds is 5. The first-order chi connectivity index (χ1) is 10.4. The first-order valence-corrected chi connectivity index (χ1v) is 7.74. The summed E-state index contributed by atoms with van der Waals surface area (Å²) < 4.78 is 0. The molecule has 1 atom stereocenters. The third-order valence-electron chi connectivity index (χ3n) is 4.15. The first kappa shape index (κ1) is 20.1. The van der Waals surface area contributed by atoms with E-state index in [-0.39, 0.29) is 35.8 Å². The lowest BCUT2D eigenvalue weighted by atomic mass is 9.79. The molecule has 1 heterocycles. The number of aliphatic hydroxyl groups excluding tert-OH is 1. The molecule has 0 aliphatic carbocycles. The highest BCUT2D eigenvalue weighted by Gasteiger charge is 2.36. The fraction of sp³-hybridized carbons (Fsp3) is 0.600. The lowest BCUT2D eigenvalue weighted by Gasteiger charge is -2.43. The molecule has 2 N–H and O–H groups in total. The van der Waals surface area contributed by atoms with Gasteiger partial charge < -0.3 is 10.4 Å². The van der Waals surface area contributed by atoms with Crippen molar-refractivity contribution < 1.29 is 10.0 Å². The standard InChI is InChI=1S/C15H22ClN3O3.ClH/c1-15(2,10-20)14(18-7-5-17-6-8-18)11-3-4-12(16)13(9-11)19(21)22;/h3-4,9,14,17,20H,5-8,10H2,1-2H3;1H/t14-;/m1./s1. The Hall–Kier alpha value is -0.920. The molecule has 0 bridgehead atoms. The van der Waals surface area contributed by atoms with Crippen LogP contribution in [0.5, 0.6) is 0 Å². The van der Waals surface area contributed by atoms with Gasteiger partial charge in [-0.15, -0.1) is 12.4 Å². The van der Waals surface area contributed by atoms with Crippen LogP contribution in [0.2, 0.25) is 5.02 Å². The number of nitro benzene ring substituents is 1. The van der Waals surface area contributed by atoms with Gasteiger partial charge in [-0.2, -0.15) is 0 Å². The summed E-state index contributed by atoms with van der Waals surface area (Å²) in [7, 11) is 0. The van der Waals surface area contributed by atoms with Crippen molar-refractivity contribution in [2.45, 2.75) is 19.9 Å². The van der Waals surface area contributed by atoms with Crippen molar-refractivity contribution in [1.29, 1.82) is 0 Å². The van der Waals surface area contributed by atoms with E-state index in [0.29, 0.717) is 0 Å².